The van der Waals surface area contributed by atoms with Gasteiger partial charge in [0, 0.05) is 30.7 Å². The minimum atomic E-state index is 0.370. The third-order valence-corrected chi connectivity index (χ3v) is 4.14. The Labute approximate surface area is 80.7 Å². The normalized spacial score (nSPS) is 49.2. The number of piperidine rings is 1. The predicted octanol–water partition coefficient (Wildman–Crippen LogP) is 1.08. The van der Waals surface area contributed by atoms with Crippen molar-refractivity contribution in [3.8, 4) is 0 Å². The lowest BCUT2D eigenvalue weighted by Gasteiger charge is -2.43. The SMILES string of the molecule is CC(C)(C)N1CC2NC(C1)C1CC21. The van der Waals surface area contributed by atoms with Gasteiger partial charge < -0.3 is 5.32 Å². The van der Waals surface area contributed by atoms with E-state index in [-0.39, 0.29) is 0 Å². The molecule has 0 aromatic carbocycles. The molecule has 74 valence electrons. The first-order valence-corrected chi connectivity index (χ1v) is 5.57. The predicted molar refractivity (Wildman–Crippen MR) is 53.6 cm³/mol. The fourth-order valence-corrected chi connectivity index (χ4v) is 3.16. The van der Waals surface area contributed by atoms with Gasteiger partial charge in [0.1, 0.15) is 0 Å². The highest BCUT2D eigenvalue weighted by Gasteiger charge is 2.57. The maximum absolute atomic E-state index is 3.75. The molecule has 2 heterocycles. The summed E-state index contributed by atoms with van der Waals surface area (Å²) in [6, 6.07) is 1.64. The summed E-state index contributed by atoms with van der Waals surface area (Å²) < 4.78 is 0. The van der Waals surface area contributed by atoms with Crippen molar-refractivity contribution in [3.05, 3.63) is 0 Å². The minimum Gasteiger partial charge on any atom is -0.308 e. The van der Waals surface area contributed by atoms with E-state index in [1.54, 1.807) is 0 Å². The van der Waals surface area contributed by atoms with Crippen LogP contribution >= 0.6 is 0 Å². The molecular formula is C11H20N2. The second kappa shape index (κ2) is 2.29. The number of hydrogen-bond acceptors (Lipinski definition) is 2. The van der Waals surface area contributed by atoms with E-state index in [4.69, 9.17) is 0 Å². The lowest BCUT2D eigenvalue weighted by molar-refractivity contribution is 0.0815. The van der Waals surface area contributed by atoms with Gasteiger partial charge in [-0.15, -0.1) is 0 Å². The van der Waals surface area contributed by atoms with Gasteiger partial charge in [0.2, 0.25) is 0 Å². The molecule has 0 radical (unpaired) electrons. The van der Waals surface area contributed by atoms with Crippen LogP contribution in [0, 0.1) is 11.8 Å². The van der Waals surface area contributed by atoms with Crippen LogP contribution in [0.4, 0.5) is 0 Å². The number of likely N-dealkylation sites (tertiary alicyclic amines) is 1. The fraction of sp³-hybridized carbons (Fsp3) is 1.00. The molecule has 2 heteroatoms. The lowest BCUT2D eigenvalue weighted by atomic mass is 10.0. The lowest BCUT2D eigenvalue weighted by Crippen LogP contribution is -2.58. The van der Waals surface area contributed by atoms with Crippen LogP contribution in [0.2, 0.25) is 0 Å². The van der Waals surface area contributed by atoms with E-state index < -0.39 is 0 Å². The molecule has 3 fully saturated rings. The molecule has 3 aliphatic rings. The van der Waals surface area contributed by atoms with E-state index in [1.165, 1.54) is 19.5 Å². The summed E-state index contributed by atoms with van der Waals surface area (Å²) in [6.45, 7) is 9.57. The van der Waals surface area contributed by atoms with Gasteiger partial charge >= 0.3 is 0 Å². The maximum Gasteiger partial charge on any atom is 0.0230 e. The van der Waals surface area contributed by atoms with Gasteiger partial charge in [-0.2, -0.15) is 0 Å². The number of nitrogens with zero attached hydrogens (tertiary/aromatic N) is 1. The van der Waals surface area contributed by atoms with Gasteiger partial charge in [-0.3, -0.25) is 4.90 Å². The van der Waals surface area contributed by atoms with Crippen LogP contribution in [0.25, 0.3) is 0 Å². The average molecular weight is 180 g/mol. The number of nitrogens with one attached hydrogen (secondary N) is 1. The highest BCUT2D eigenvalue weighted by Crippen LogP contribution is 2.51. The molecule has 1 aliphatic carbocycles. The summed E-state index contributed by atoms with van der Waals surface area (Å²) in [5.41, 5.74) is 0.370. The number of piperazine rings is 1. The number of rotatable bonds is 0. The Morgan fingerprint density at radius 1 is 1.08 bits per heavy atom. The first-order valence-electron chi connectivity index (χ1n) is 5.57. The molecule has 2 aliphatic heterocycles. The molecular weight excluding hydrogens is 160 g/mol. The molecule has 1 saturated carbocycles. The van der Waals surface area contributed by atoms with E-state index in [1.807, 2.05) is 0 Å². The second-order valence-corrected chi connectivity index (χ2v) is 6.02. The van der Waals surface area contributed by atoms with Crippen LogP contribution < -0.4 is 5.32 Å². The standard InChI is InChI=1S/C11H20N2/c1-11(2,3)13-5-9-7-4-8(7)10(6-13)12-9/h7-10,12H,4-6H2,1-3H3. The summed E-state index contributed by atoms with van der Waals surface area (Å²) in [4.78, 5) is 2.66. The van der Waals surface area contributed by atoms with E-state index in [2.05, 4.69) is 31.0 Å². The molecule has 2 saturated heterocycles. The van der Waals surface area contributed by atoms with Crippen molar-refractivity contribution in [2.45, 2.75) is 44.8 Å². The van der Waals surface area contributed by atoms with Crippen molar-refractivity contribution >= 4 is 0 Å². The van der Waals surface area contributed by atoms with Crippen LogP contribution in [-0.4, -0.2) is 35.6 Å². The first kappa shape index (κ1) is 8.25. The minimum absolute atomic E-state index is 0.370. The van der Waals surface area contributed by atoms with Gasteiger partial charge in [-0.1, -0.05) is 0 Å². The fourth-order valence-electron chi connectivity index (χ4n) is 3.16. The summed E-state index contributed by atoms with van der Waals surface area (Å²) >= 11 is 0. The largest absolute Gasteiger partial charge is 0.308 e. The molecule has 4 unspecified atom stereocenters. The molecule has 13 heavy (non-hydrogen) atoms. The van der Waals surface area contributed by atoms with Crippen molar-refractivity contribution in [1.29, 1.82) is 0 Å². The van der Waals surface area contributed by atoms with Crippen LogP contribution in [0.3, 0.4) is 0 Å². The molecule has 0 spiro atoms. The van der Waals surface area contributed by atoms with Crippen molar-refractivity contribution in [2.75, 3.05) is 13.1 Å². The van der Waals surface area contributed by atoms with Gasteiger partial charge in [0.05, 0.1) is 0 Å². The Morgan fingerprint density at radius 2 is 1.62 bits per heavy atom. The zero-order chi connectivity index (χ0) is 9.22. The smallest absolute Gasteiger partial charge is 0.0230 e. The molecule has 3 rings (SSSR count). The monoisotopic (exact) mass is 180 g/mol. The van der Waals surface area contributed by atoms with Gasteiger partial charge in [0.25, 0.3) is 0 Å². The van der Waals surface area contributed by atoms with Gasteiger partial charge in [-0.05, 0) is 39.0 Å². The molecule has 0 aromatic heterocycles. The van der Waals surface area contributed by atoms with Crippen molar-refractivity contribution < 1.29 is 0 Å². The molecule has 1 N–H and O–H groups in total. The summed E-state index contributed by atoms with van der Waals surface area (Å²) in [5.74, 6) is 2.08. The van der Waals surface area contributed by atoms with Gasteiger partial charge in [-0.25, -0.2) is 0 Å². The maximum atomic E-state index is 3.75. The summed E-state index contributed by atoms with van der Waals surface area (Å²) in [7, 11) is 0. The first-order chi connectivity index (χ1) is 6.05. The zero-order valence-corrected chi connectivity index (χ0v) is 8.88. The van der Waals surface area contributed by atoms with E-state index >= 15 is 0 Å². The number of hydrogen-bond donors (Lipinski definition) is 1. The highest BCUT2D eigenvalue weighted by atomic mass is 15.3. The third-order valence-electron chi connectivity index (χ3n) is 4.14. The van der Waals surface area contributed by atoms with Crippen LogP contribution in [0.1, 0.15) is 27.2 Å². The Kier molecular flexibility index (Phi) is 1.45. The Hall–Kier alpha value is -0.0800. The topological polar surface area (TPSA) is 15.3 Å². The van der Waals surface area contributed by atoms with Gasteiger partial charge in [0.15, 0.2) is 0 Å². The highest BCUT2D eigenvalue weighted by molar-refractivity contribution is 5.13. The Balaban J connectivity index is 1.77. The Bertz CT molecular complexity index is 215. The van der Waals surface area contributed by atoms with E-state index in [0.29, 0.717) is 5.54 Å². The summed E-state index contributed by atoms with van der Waals surface area (Å²) in [5, 5.41) is 3.75. The van der Waals surface area contributed by atoms with Crippen LogP contribution in [0.5, 0.6) is 0 Å². The van der Waals surface area contributed by atoms with E-state index in [0.717, 1.165) is 23.9 Å². The van der Waals surface area contributed by atoms with Crippen LogP contribution in [-0.2, 0) is 0 Å². The molecule has 2 nitrogen and oxygen atoms in total. The quantitative estimate of drug-likeness (QED) is 0.600. The van der Waals surface area contributed by atoms with Crippen LogP contribution in [0.15, 0.2) is 0 Å². The second-order valence-electron chi connectivity index (χ2n) is 6.02. The van der Waals surface area contributed by atoms with E-state index in [9.17, 15) is 0 Å². The van der Waals surface area contributed by atoms with Crippen molar-refractivity contribution in [3.63, 3.8) is 0 Å². The molecule has 4 atom stereocenters. The van der Waals surface area contributed by atoms with Crippen molar-refractivity contribution in [2.24, 2.45) is 11.8 Å². The number of fused-ring (bicyclic) bond motifs is 5. The van der Waals surface area contributed by atoms with Crippen molar-refractivity contribution in [1.82, 2.24) is 10.2 Å². The molecule has 0 aromatic rings. The Morgan fingerprint density at radius 3 is 2.08 bits per heavy atom. The molecule has 0 amide bonds. The summed E-state index contributed by atoms with van der Waals surface area (Å²) in [6.07, 6.45) is 1.51. The zero-order valence-electron chi connectivity index (χ0n) is 8.88. The molecule has 2 bridgehead atoms. The third kappa shape index (κ3) is 1.15. The average Bonchev–Trinajstić information content (AvgIpc) is 2.76.